The number of nitrogens with two attached hydrogens (primary N) is 1. The van der Waals surface area contributed by atoms with E-state index in [2.05, 4.69) is 38.0 Å². The number of nitrogen functional groups attached to an aromatic ring is 1. The summed E-state index contributed by atoms with van der Waals surface area (Å²) < 4.78 is 0. The van der Waals surface area contributed by atoms with Crippen LogP contribution in [-0.2, 0) is 5.41 Å². The molecule has 0 atom stereocenters. The van der Waals surface area contributed by atoms with E-state index in [0.29, 0.717) is 5.82 Å². The van der Waals surface area contributed by atoms with Crippen molar-refractivity contribution in [2.45, 2.75) is 71.3 Å². The van der Waals surface area contributed by atoms with E-state index in [1.165, 1.54) is 19.3 Å². The number of aromatic nitrogens is 2. The Balaban J connectivity index is 2.36. The first kappa shape index (κ1) is 14.1. The molecule has 19 heavy (non-hydrogen) atoms. The predicted octanol–water partition coefficient (Wildman–Crippen LogP) is 3.41. The lowest BCUT2D eigenvalue weighted by Crippen LogP contribution is -2.45. The van der Waals surface area contributed by atoms with Gasteiger partial charge in [-0.3, -0.25) is 0 Å². The number of nitrogens with one attached hydrogen (secondary N) is 1. The summed E-state index contributed by atoms with van der Waals surface area (Å²) >= 11 is 0. The molecule has 1 heterocycles. The first-order valence-electron chi connectivity index (χ1n) is 7.20. The normalized spacial score (nSPS) is 17.9. The predicted molar refractivity (Wildman–Crippen MR) is 80.4 cm³/mol. The quantitative estimate of drug-likeness (QED) is 0.876. The maximum absolute atomic E-state index is 6.05. The van der Waals surface area contributed by atoms with Gasteiger partial charge in [0.05, 0.1) is 0 Å². The molecule has 0 aliphatic heterocycles. The molecule has 1 aliphatic carbocycles. The summed E-state index contributed by atoms with van der Waals surface area (Å²) in [5, 5.41) is 3.63. The highest BCUT2D eigenvalue weighted by Gasteiger charge is 2.36. The maximum Gasteiger partial charge on any atom is 0.138 e. The average Bonchev–Trinajstić information content (AvgIpc) is 2.27. The zero-order valence-electron chi connectivity index (χ0n) is 12.8. The molecular weight excluding hydrogens is 236 g/mol. The van der Waals surface area contributed by atoms with Gasteiger partial charge in [0.1, 0.15) is 17.5 Å². The van der Waals surface area contributed by atoms with Crippen LogP contribution >= 0.6 is 0 Å². The fourth-order valence-electron chi connectivity index (χ4n) is 2.41. The lowest BCUT2D eigenvalue weighted by Gasteiger charge is -2.43. The Hall–Kier alpha value is -1.32. The molecule has 1 aliphatic rings. The smallest absolute Gasteiger partial charge is 0.138 e. The standard InChI is InChI=1S/C15H26N4/c1-6-15(8-7-9-15)19-12-10(2)11(16)17-13(18-12)14(3,4)5/h6-9H2,1-5H3,(H3,16,17,18,19). The first-order chi connectivity index (χ1) is 8.77. The molecule has 0 unspecified atom stereocenters. The average molecular weight is 262 g/mol. The maximum atomic E-state index is 6.05. The van der Waals surface area contributed by atoms with Gasteiger partial charge in [0.25, 0.3) is 0 Å². The zero-order valence-corrected chi connectivity index (χ0v) is 12.8. The fraction of sp³-hybridized carbons (Fsp3) is 0.733. The number of hydrogen-bond donors (Lipinski definition) is 2. The molecule has 1 saturated carbocycles. The highest BCUT2D eigenvalue weighted by atomic mass is 15.1. The first-order valence-corrected chi connectivity index (χ1v) is 7.20. The minimum absolute atomic E-state index is 0.0861. The van der Waals surface area contributed by atoms with Crippen LogP contribution in [0.4, 0.5) is 11.6 Å². The molecule has 0 saturated heterocycles. The second-order valence-electron chi connectivity index (χ2n) is 6.77. The van der Waals surface area contributed by atoms with Crippen molar-refractivity contribution in [1.82, 2.24) is 9.97 Å². The summed E-state index contributed by atoms with van der Waals surface area (Å²) in [6.45, 7) is 10.6. The van der Waals surface area contributed by atoms with E-state index >= 15 is 0 Å². The molecular formula is C15H26N4. The molecule has 0 amide bonds. The lowest BCUT2D eigenvalue weighted by atomic mass is 9.75. The summed E-state index contributed by atoms with van der Waals surface area (Å²) in [6, 6.07) is 0. The molecule has 2 rings (SSSR count). The van der Waals surface area contributed by atoms with E-state index in [1.807, 2.05) is 6.92 Å². The summed E-state index contributed by atoms with van der Waals surface area (Å²) in [5.41, 5.74) is 7.15. The summed E-state index contributed by atoms with van der Waals surface area (Å²) in [7, 11) is 0. The van der Waals surface area contributed by atoms with Crippen molar-refractivity contribution >= 4 is 11.6 Å². The third-order valence-corrected chi connectivity index (χ3v) is 4.23. The van der Waals surface area contributed by atoms with E-state index in [-0.39, 0.29) is 11.0 Å². The summed E-state index contributed by atoms with van der Waals surface area (Å²) in [5.74, 6) is 2.32. The van der Waals surface area contributed by atoms with Crippen molar-refractivity contribution in [3.05, 3.63) is 11.4 Å². The molecule has 1 aromatic rings. The van der Waals surface area contributed by atoms with Crippen LogP contribution in [0, 0.1) is 6.92 Å². The minimum Gasteiger partial charge on any atom is -0.383 e. The third-order valence-electron chi connectivity index (χ3n) is 4.23. The van der Waals surface area contributed by atoms with Crippen molar-refractivity contribution in [2.75, 3.05) is 11.1 Å². The van der Waals surface area contributed by atoms with Gasteiger partial charge in [0, 0.05) is 16.5 Å². The van der Waals surface area contributed by atoms with Gasteiger partial charge in [-0.05, 0) is 32.6 Å². The van der Waals surface area contributed by atoms with Crippen LogP contribution in [0.5, 0.6) is 0 Å². The Bertz CT molecular complexity index is 464. The Morgan fingerprint density at radius 1 is 1.26 bits per heavy atom. The van der Waals surface area contributed by atoms with Crippen LogP contribution < -0.4 is 11.1 Å². The van der Waals surface area contributed by atoms with Gasteiger partial charge in [-0.2, -0.15) is 0 Å². The monoisotopic (exact) mass is 262 g/mol. The molecule has 1 aromatic heterocycles. The molecule has 0 spiro atoms. The number of rotatable bonds is 3. The van der Waals surface area contributed by atoms with Crippen molar-refractivity contribution in [2.24, 2.45) is 0 Å². The summed E-state index contributed by atoms with van der Waals surface area (Å²) in [6.07, 6.45) is 4.86. The van der Waals surface area contributed by atoms with Gasteiger partial charge >= 0.3 is 0 Å². The largest absolute Gasteiger partial charge is 0.383 e. The second-order valence-corrected chi connectivity index (χ2v) is 6.77. The van der Waals surface area contributed by atoms with Crippen LogP contribution in [0.2, 0.25) is 0 Å². The number of hydrogen-bond acceptors (Lipinski definition) is 4. The zero-order chi connectivity index (χ0) is 14.3. The fourth-order valence-corrected chi connectivity index (χ4v) is 2.41. The second kappa shape index (κ2) is 4.66. The van der Waals surface area contributed by atoms with Crippen LogP contribution in [-0.4, -0.2) is 15.5 Å². The topological polar surface area (TPSA) is 63.8 Å². The lowest BCUT2D eigenvalue weighted by molar-refractivity contribution is 0.268. The Kier molecular flexibility index (Phi) is 3.45. The van der Waals surface area contributed by atoms with E-state index < -0.39 is 0 Å². The van der Waals surface area contributed by atoms with Crippen LogP contribution in [0.15, 0.2) is 0 Å². The van der Waals surface area contributed by atoms with Gasteiger partial charge in [-0.25, -0.2) is 9.97 Å². The Morgan fingerprint density at radius 3 is 2.32 bits per heavy atom. The van der Waals surface area contributed by atoms with Gasteiger partial charge in [0.2, 0.25) is 0 Å². The SMILES string of the molecule is CCC1(Nc2nc(C(C)(C)C)nc(N)c2C)CCC1. The van der Waals surface area contributed by atoms with Crippen LogP contribution in [0.1, 0.15) is 64.8 Å². The molecule has 4 heteroatoms. The summed E-state index contributed by atoms with van der Waals surface area (Å²) in [4.78, 5) is 9.15. The minimum atomic E-state index is -0.0861. The van der Waals surface area contributed by atoms with Crippen LogP contribution in [0.3, 0.4) is 0 Å². The third kappa shape index (κ3) is 2.67. The molecule has 0 bridgehead atoms. The van der Waals surface area contributed by atoms with E-state index in [4.69, 9.17) is 10.7 Å². The van der Waals surface area contributed by atoms with Crippen molar-refractivity contribution in [3.8, 4) is 0 Å². The van der Waals surface area contributed by atoms with Gasteiger partial charge < -0.3 is 11.1 Å². The molecule has 0 radical (unpaired) electrons. The number of nitrogens with zero attached hydrogens (tertiary/aromatic N) is 2. The van der Waals surface area contributed by atoms with Crippen molar-refractivity contribution in [3.63, 3.8) is 0 Å². The molecule has 4 nitrogen and oxygen atoms in total. The van der Waals surface area contributed by atoms with Gasteiger partial charge in [0.15, 0.2) is 0 Å². The van der Waals surface area contributed by atoms with Gasteiger partial charge in [-0.15, -0.1) is 0 Å². The van der Waals surface area contributed by atoms with Crippen molar-refractivity contribution in [1.29, 1.82) is 0 Å². The highest BCUT2D eigenvalue weighted by Crippen LogP contribution is 2.38. The molecule has 106 valence electrons. The number of anilines is 2. The van der Waals surface area contributed by atoms with E-state index in [0.717, 1.165) is 23.6 Å². The van der Waals surface area contributed by atoms with E-state index in [9.17, 15) is 0 Å². The highest BCUT2D eigenvalue weighted by molar-refractivity contribution is 5.56. The van der Waals surface area contributed by atoms with Crippen LogP contribution in [0.25, 0.3) is 0 Å². The molecule has 1 fully saturated rings. The Labute approximate surface area is 116 Å². The molecule has 0 aromatic carbocycles. The van der Waals surface area contributed by atoms with Crippen molar-refractivity contribution < 1.29 is 0 Å². The van der Waals surface area contributed by atoms with E-state index in [1.54, 1.807) is 0 Å². The Morgan fingerprint density at radius 2 is 1.89 bits per heavy atom. The molecule has 3 N–H and O–H groups in total. The van der Waals surface area contributed by atoms with Gasteiger partial charge in [-0.1, -0.05) is 27.7 Å².